The molecule has 1 aromatic rings. The third-order valence-corrected chi connectivity index (χ3v) is 1.66. The number of carbonyl (C=O) groups is 2. The number of hydrogen-bond acceptors (Lipinski definition) is 4. The molecule has 1 aromatic carbocycles. The number of nitrogens with one attached hydrogen (secondary N) is 2. The Hall–Kier alpha value is -2.08. The largest absolute Gasteiger partial charge is 0.497 e. The molecule has 1 rings (SSSR count). The second-order valence-electron chi connectivity index (χ2n) is 2.66. The highest BCUT2D eigenvalue weighted by molar-refractivity contribution is 6.39. The average Bonchev–Trinajstić information content (AvgIpc) is 2.28. The first-order chi connectivity index (χ1) is 7.17. The van der Waals surface area contributed by atoms with E-state index in [1.165, 1.54) is 7.11 Å². The molecular formula is C9H11N3O3. The molecule has 0 atom stereocenters. The molecule has 6 nitrogen and oxygen atoms in total. The summed E-state index contributed by atoms with van der Waals surface area (Å²) in [4.78, 5) is 21.9. The van der Waals surface area contributed by atoms with Crippen molar-refractivity contribution in [3.63, 3.8) is 0 Å². The Morgan fingerprint density at radius 3 is 2.67 bits per heavy atom. The summed E-state index contributed by atoms with van der Waals surface area (Å²) in [5, 5.41) is 2.36. The number of anilines is 1. The molecule has 0 saturated heterocycles. The van der Waals surface area contributed by atoms with Crippen LogP contribution >= 0.6 is 0 Å². The van der Waals surface area contributed by atoms with Crippen LogP contribution in [0.25, 0.3) is 0 Å². The predicted molar refractivity (Wildman–Crippen MR) is 54.0 cm³/mol. The van der Waals surface area contributed by atoms with Gasteiger partial charge in [-0.05, 0) is 12.1 Å². The second-order valence-corrected chi connectivity index (χ2v) is 2.66. The van der Waals surface area contributed by atoms with Crippen molar-refractivity contribution < 1.29 is 14.3 Å². The summed E-state index contributed by atoms with van der Waals surface area (Å²) >= 11 is 0. The Morgan fingerprint density at radius 2 is 2.07 bits per heavy atom. The summed E-state index contributed by atoms with van der Waals surface area (Å²) in [5.41, 5.74) is 2.19. The van der Waals surface area contributed by atoms with Gasteiger partial charge in [-0.2, -0.15) is 0 Å². The Labute approximate surface area is 86.4 Å². The van der Waals surface area contributed by atoms with Crippen LogP contribution in [0.3, 0.4) is 0 Å². The molecule has 80 valence electrons. The lowest BCUT2D eigenvalue weighted by Crippen LogP contribution is -2.39. The second kappa shape index (κ2) is 4.97. The van der Waals surface area contributed by atoms with Crippen LogP contribution in [0.15, 0.2) is 24.3 Å². The van der Waals surface area contributed by atoms with Crippen LogP contribution < -0.4 is 21.3 Å². The zero-order valence-electron chi connectivity index (χ0n) is 8.11. The fourth-order valence-corrected chi connectivity index (χ4v) is 0.954. The van der Waals surface area contributed by atoms with Crippen molar-refractivity contribution in [1.29, 1.82) is 0 Å². The molecule has 0 unspecified atom stereocenters. The molecular weight excluding hydrogens is 198 g/mol. The first-order valence-corrected chi connectivity index (χ1v) is 4.13. The normalized spacial score (nSPS) is 9.20. The highest BCUT2D eigenvalue weighted by atomic mass is 16.5. The van der Waals surface area contributed by atoms with E-state index < -0.39 is 11.8 Å². The first kappa shape index (κ1) is 11.0. The van der Waals surface area contributed by atoms with Gasteiger partial charge in [0.05, 0.1) is 7.11 Å². The minimum atomic E-state index is -0.905. The first-order valence-electron chi connectivity index (χ1n) is 4.13. The minimum Gasteiger partial charge on any atom is -0.497 e. The SMILES string of the molecule is COc1cccc(NC(=O)C(=O)NN)c1. The van der Waals surface area contributed by atoms with Crippen LogP contribution in [0.1, 0.15) is 0 Å². The number of carbonyl (C=O) groups excluding carboxylic acids is 2. The van der Waals surface area contributed by atoms with Crippen molar-refractivity contribution in [2.45, 2.75) is 0 Å². The van der Waals surface area contributed by atoms with Gasteiger partial charge in [-0.25, -0.2) is 5.84 Å². The summed E-state index contributed by atoms with van der Waals surface area (Å²) in [5.74, 6) is 3.65. The average molecular weight is 209 g/mol. The predicted octanol–water partition coefficient (Wildman–Crippen LogP) is -0.376. The standard InChI is InChI=1S/C9H11N3O3/c1-15-7-4-2-3-6(5-7)11-8(13)9(14)12-10/h2-5H,10H2,1H3,(H,11,13)(H,12,14). The van der Waals surface area contributed by atoms with Crippen molar-refractivity contribution in [3.05, 3.63) is 24.3 Å². The number of benzene rings is 1. The number of nitrogens with two attached hydrogens (primary N) is 1. The van der Waals surface area contributed by atoms with E-state index in [-0.39, 0.29) is 0 Å². The summed E-state index contributed by atoms with van der Waals surface area (Å²) in [7, 11) is 1.51. The Kier molecular flexibility index (Phi) is 3.64. The van der Waals surface area contributed by atoms with Gasteiger partial charge in [-0.15, -0.1) is 0 Å². The van der Waals surface area contributed by atoms with Gasteiger partial charge in [0.2, 0.25) is 0 Å². The monoisotopic (exact) mass is 209 g/mol. The number of amides is 2. The molecule has 0 aliphatic heterocycles. The van der Waals surface area contributed by atoms with Crippen LogP contribution in [0.5, 0.6) is 5.75 Å². The van der Waals surface area contributed by atoms with Crippen LogP contribution in [0, 0.1) is 0 Å². The van der Waals surface area contributed by atoms with E-state index in [0.717, 1.165) is 0 Å². The number of rotatable bonds is 2. The third-order valence-electron chi connectivity index (χ3n) is 1.66. The van der Waals surface area contributed by atoms with Gasteiger partial charge in [0.25, 0.3) is 0 Å². The van der Waals surface area contributed by atoms with E-state index in [9.17, 15) is 9.59 Å². The van der Waals surface area contributed by atoms with Crippen LogP contribution in [0.2, 0.25) is 0 Å². The molecule has 0 radical (unpaired) electrons. The summed E-state index contributed by atoms with van der Waals surface area (Å²) in [6.45, 7) is 0. The van der Waals surface area contributed by atoms with Gasteiger partial charge < -0.3 is 10.1 Å². The molecule has 4 N–H and O–H groups in total. The van der Waals surface area contributed by atoms with Crippen molar-refractivity contribution in [1.82, 2.24) is 5.43 Å². The molecule has 0 saturated carbocycles. The fourth-order valence-electron chi connectivity index (χ4n) is 0.954. The lowest BCUT2D eigenvalue weighted by atomic mass is 10.3. The maximum absolute atomic E-state index is 11.1. The lowest BCUT2D eigenvalue weighted by molar-refractivity contribution is -0.136. The topological polar surface area (TPSA) is 93.4 Å². The third kappa shape index (κ3) is 2.96. The zero-order chi connectivity index (χ0) is 11.3. The van der Waals surface area contributed by atoms with Crippen LogP contribution in [-0.4, -0.2) is 18.9 Å². The van der Waals surface area contributed by atoms with Gasteiger partial charge in [0, 0.05) is 11.8 Å². The van der Waals surface area contributed by atoms with Crippen molar-refractivity contribution >= 4 is 17.5 Å². The number of hydrogen-bond donors (Lipinski definition) is 3. The van der Waals surface area contributed by atoms with E-state index in [4.69, 9.17) is 10.6 Å². The zero-order valence-corrected chi connectivity index (χ0v) is 8.11. The molecule has 0 heterocycles. The highest BCUT2D eigenvalue weighted by Gasteiger charge is 2.11. The molecule has 0 aliphatic rings. The quantitative estimate of drug-likeness (QED) is 0.268. The number of hydrazine groups is 1. The maximum atomic E-state index is 11.1. The number of methoxy groups -OCH3 is 1. The summed E-state index contributed by atoms with van der Waals surface area (Å²) in [6.07, 6.45) is 0. The molecule has 0 spiro atoms. The molecule has 0 fully saturated rings. The van der Waals surface area contributed by atoms with Gasteiger partial charge in [0.15, 0.2) is 0 Å². The molecule has 6 heteroatoms. The van der Waals surface area contributed by atoms with E-state index in [1.54, 1.807) is 29.7 Å². The van der Waals surface area contributed by atoms with E-state index in [2.05, 4.69) is 5.32 Å². The maximum Gasteiger partial charge on any atom is 0.323 e. The van der Waals surface area contributed by atoms with Crippen molar-refractivity contribution in [3.8, 4) is 5.75 Å². The molecule has 15 heavy (non-hydrogen) atoms. The number of ether oxygens (including phenoxy) is 1. The minimum absolute atomic E-state index is 0.461. The van der Waals surface area contributed by atoms with Gasteiger partial charge >= 0.3 is 11.8 Å². The van der Waals surface area contributed by atoms with Crippen LogP contribution in [-0.2, 0) is 9.59 Å². The van der Waals surface area contributed by atoms with Crippen molar-refractivity contribution in [2.24, 2.45) is 5.84 Å². The summed E-state index contributed by atoms with van der Waals surface area (Å²) < 4.78 is 4.95. The lowest BCUT2D eigenvalue weighted by Gasteiger charge is -2.05. The van der Waals surface area contributed by atoms with Gasteiger partial charge in [-0.1, -0.05) is 6.07 Å². The molecule has 2 amide bonds. The van der Waals surface area contributed by atoms with Gasteiger partial charge in [0.1, 0.15) is 5.75 Å². The highest BCUT2D eigenvalue weighted by Crippen LogP contribution is 2.16. The van der Waals surface area contributed by atoms with E-state index >= 15 is 0 Å². The fraction of sp³-hybridized carbons (Fsp3) is 0.111. The molecule has 0 aromatic heterocycles. The molecule has 0 bridgehead atoms. The van der Waals surface area contributed by atoms with Gasteiger partial charge in [-0.3, -0.25) is 15.0 Å². The van der Waals surface area contributed by atoms with Crippen LogP contribution in [0.4, 0.5) is 5.69 Å². The summed E-state index contributed by atoms with van der Waals surface area (Å²) in [6, 6.07) is 6.62. The Balaban J connectivity index is 2.72. The van der Waals surface area contributed by atoms with E-state index in [1.807, 2.05) is 0 Å². The smallest absolute Gasteiger partial charge is 0.323 e. The Bertz CT molecular complexity index is 379. The van der Waals surface area contributed by atoms with Crippen molar-refractivity contribution in [2.75, 3.05) is 12.4 Å². The van der Waals surface area contributed by atoms with E-state index in [0.29, 0.717) is 11.4 Å². The molecule has 0 aliphatic carbocycles. The Morgan fingerprint density at radius 1 is 1.33 bits per heavy atom.